The fraction of sp³-hybridized carbons (Fsp3) is 0.611. The lowest BCUT2D eigenvalue weighted by Gasteiger charge is -2.14. The van der Waals surface area contributed by atoms with Crippen LogP contribution >= 0.6 is 0 Å². The van der Waals surface area contributed by atoms with Crippen molar-refractivity contribution in [3.05, 3.63) is 35.4 Å². The van der Waals surface area contributed by atoms with Crippen LogP contribution in [0.3, 0.4) is 0 Å². The molecule has 0 heterocycles. The summed E-state index contributed by atoms with van der Waals surface area (Å²) in [6, 6.07) is 7.75. The Balaban J connectivity index is 2.49. The summed E-state index contributed by atoms with van der Waals surface area (Å²) in [7, 11) is 0. The predicted molar refractivity (Wildman–Crippen MR) is 84.1 cm³/mol. The zero-order valence-electron chi connectivity index (χ0n) is 13.3. The molecule has 0 amide bonds. The zero-order chi connectivity index (χ0) is 15.0. The smallest absolute Gasteiger partial charge is 0.338 e. The Morgan fingerprint density at radius 3 is 2.30 bits per heavy atom. The molecule has 1 aromatic carbocycles. The molecule has 1 aromatic rings. The van der Waals surface area contributed by atoms with Crippen LogP contribution in [0.2, 0.25) is 0 Å². The Morgan fingerprint density at radius 1 is 1.15 bits per heavy atom. The van der Waals surface area contributed by atoms with Crippen molar-refractivity contribution < 1.29 is 9.53 Å². The quantitative estimate of drug-likeness (QED) is 0.611. The average Bonchev–Trinajstić information content (AvgIpc) is 2.47. The number of carbonyl (C=O) groups is 1. The van der Waals surface area contributed by atoms with Crippen molar-refractivity contribution >= 4 is 5.97 Å². The van der Waals surface area contributed by atoms with Gasteiger partial charge < -0.3 is 4.74 Å². The third-order valence-corrected chi connectivity index (χ3v) is 3.81. The van der Waals surface area contributed by atoms with Crippen LogP contribution in [0.25, 0.3) is 0 Å². The zero-order valence-corrected chi connectivity index (χ0v) is 13.3. The minimum atomic E-state index is -0.199. The fourth-order valence-corrected chi connectivity index (χ4v) is 2.18. The molecule has 0 fully saturated rings. The minimum Gasteiger partial charge on any atom is -0.462 e. The number of ether oxygens (including phenoxy) is 1. The Labute approximate surface area is 123 Å². The molecule has 0 aliphatic heterocycles. The molecule has 0 aromatic heterocycles. The summed E-state index contributed by atoms with van der Waals surface area (Å²) in [6.45, 7) is 9.18. The first kappa shape index (κ1) is 16.7. The Hall–Kier alpha value is -1.31. The van der Waals surface area contributed by atoms with Crippen molar-refractivity contribution in [1.82, 2.24) is 0 Å². The van der Waals surface area contributed by atoms with Crippen LogP contribution < -0.4 is 0 Å². The van der Waals surface area contributed by atoms with Crippen LogP contribution in [-0.2, 0) is 4.74 Å². The van der Waals surface area contributed by atoms with Crippen LogP contribution in [-0.4, -0.2) is 12.6 Å². The van der Waals surface area contributed by atoms with Crippen LogP contribution in [0, 0.1) is 5.92 Å². The maximum absolute atomic E-state index is 12.0. The molecule has 20 heavy (non-hydrogen) atoms. The normalized spacial score (nSPS) is 12.4. The molecule has 0 saturated carbocycles. The van der Waals surface area contributed by atoms with Crippen molar-refractivity contribution in [1.29, 1.82) is 0 Å². The van der Waals surface area contributed by atoms with Crippen molar-refractivity contribution in [3.63, 3.8) is 0 Å². The van der Waals surface area contributed by atoms with E-state index in [9.17, 15) is 4.79 Å². The predicted octanol–water partition coefficient (Wildman–Crippen LogP) is 5.18. The summed E-state index contributed by atoms with van der Waals surface area (Å²) in [5.74, 6) is 0.780. The second kappa shape index (κ2) is 8.78. The van der Waals surface area contributed by atoms with E-state index in [0.29, 0.717) is 24.0 Å². The van der Waals surface area contributed by atoms with Gasteiger partial charge in [0.05, 0.1) is 12.2 Å². The second-order valence-corrected chi connectivity index (χ2v) is 5.79. The van der Waals surface area contributed by atoms with Crippen LogP contribution in [0.15, 0.2) is 24.3 Å². The molecule has 112 valence electrons. The lowest BCUT2D eigenvalue weighted by atomic mass is 10.0. The summed E-state index contributed by atoms with van der Waals surface area (Å²) in [4.78, 5) is 12.0. The van der Waals surface area contributed by atoms with E-state index in [1.807, 2.05) is 24.3 Å². The van der Waals surface area contributed by atoms with Gasteiger partial charge in [-0.3, -0.25) is 0 Å². The first-order valence-corrected chi connectivity index (χ1v) is 7.85. The van der Waals surface area contributed by atoms with Crippen LogP contribution in [0.1, 0.15) is 75.2 Å². The van der Waals surface area contributed by atoms with Gasteiger partial charge in [0, 0.05) is 0 Å². The van der Waals surface area contributed by atoms with E-state index in [1.54, 1.807) is 0 Å². The third kappa shape index (κ3) is 5.36. The van der Waals surface area contributed by atoms with Gasteiger partial charge in [0.1, 0.15) is 0 Å². The SMILES string of the molecule is CCCC[C@@H](CC)COC(=O)c1ccc(C(C)C)cc1. The molecule has 2 heteroatoms. The van der Waals surface area contributed by atoms with Gasteiger partial charge in [0.25, 0.3) is 0 Å². The number of hydrogen-bond donors (Lipinski definition) is 0. The van der Waals surface area contributed by atoms with Crippen LogP contribution in [0.4, 0.5) is 0 Å². The average molecular weight is 276 g/mol. The summed E-state index contributed by atoms with van der Waals surface area (Å²) < 4.78 is 5.44. The van der Waals surface area contributed by atoms with E-state index in [4.69, 9.17) is 4.74 Å². The van der Waals surface area contributed by atoms with E-state index in [1.165, 1.54) is 18.4 Å². The Morgan fingerprint density at radius 2 is 1.80 bits per heavy atom. The number of carbonyl (C=O) groups excluding carboxylic acids is 1. The second-order valence-electron chi connectivity index (χ2n) is 5.79. The molecule has 0 bridgehead atoms. The molecule has 0 unspecified atom stereocenters. The molecular weight excluding hydrogens is 248 g/mol. The Bertz CT molecular complexity index is 392. The number of benzene rings is 1. The van der Waals surface area contributed by atoms with Crippen molar-refractivity contribution in [2.45, 2.75) is 59.3 Å². The van der Waals surface area contributed by atoms with Crippen LogP contribution in [0.5, 0.6) is 0 Å². The largest absolute Gasteiger partial charge is 0.462 e. The van der Waals surface area contributed by atoms with Gasteiger partial charge in [0.2, 0.25) is 0 Å². The van der Waals surface area contributed by atoms with E-state index >= 15 is 0 Å². The number of rotatable bonds is 8. The standard InChI is InChI=1S/C18H28O2/c1-5-7-8-15(6-2)13-20-18(19)17-11-9-16(10-12-17)14(3)4/h9-12,14-15H,5-8,13H2,1-4H3/t15-/m1/s1. The summed E-state index contributed by atoms with van der Waals surface area (Å²) in [6.07, 6.45) is 4.62. The fourth-order valence-electron chi connectivity index (χ4n) is 2.18. The van der Waals surface area contributed by atoms with E-state index in [0.717, 1.165) is 12.8 Å². The molecule has 0 saturated heterocycles. The highest BCUT2D eigenvalue weighted by Crippen LogP contribution is 2.17. The monoisotopic (exact) mass is 276 g/mol. The van der Waals surface area contributed by atoms with E-state index in [-0.39, 0.29) is 5.97 Å². The van der Waals surface area contributed by atoms with Gasteiger partial charge in [0.15, 0.2) is 0 Å². The van der Waals surface area contributed by atoms with Gasteiger partial charge in [-0.2, -0.15) is 0 Å². The van der Waals surface area contributed by atoms with Gasteiger partial charge in [-0.25, -0.2) is 4.79 Å². The molecule has 0 spiro atoms. The maximum atomic E-state index is 12.0. The van der Waals surface area contributed by atoms with Crippen molar-refractivity contribution in [3.8, 4) is 0 Å². The van der Waals surface area contributed by atoms with Gasteiger partial charge >= 0.3 is 5.97 Å². The highest BCUT2D eigenvalue weighted by atomic mass is 16.5. The van der Waals surface area contributed by atoms with Gasteiger partial charge in [-0.15, -0.1) is 0 Å². The maximum Gasteiger partial charge on any atom is 0.338 e. The molecule has 0 aliphatic carbocycles. The number of unbranched alkanes of at least 4 members (excludes halogenated alkanes) is 1. The lowest BCUT2D eigenvalue weighted by Crippen LogP contribution is -2.14. The van der Waals surface area contributed by atoms with Gasteiger partial charge in [-0.1, -0.05) is 59.1 Å². The number of esters is 1. The summed E-state index contributed by atoms with van der Waals surface area (Å²) in [5.41, 5.74) is 1.90. The molecule has 1 rings (SSSR count). The summed E-state index contributed by atoms with van der Waals surface area (Å²) >= 11 is 0. The van der Waals surface area contributed by atoms with E-state index in [2.05, 4.69) is 27.7 Å². The lowest BCUT2D eigenvalue weighted by molar-refractivity contribution is 0.0428. The van der Waals surface area contributed by atoms with Gasteiger partial charge in [-0.05, 0) is 36.0 Å². The van der Waals surface area contributed by atoms with Crippen molar-refractivity contribution in [2.24, 2.45) is 5.92 Å². The molecule has 0 radical (unpaired) electrons. The molecule has 0 aliphatic rings. The first-order valence-electron chi connectivity index (χ1n) is 7.85. The molecule has 1 atom stereocenters. The van der Waals surface area contributed by atoms with Crippen molar-refractivity contribution in [2.75, 3.05) is 6.61 Å². The minimum absolute atomic E-state index is 0.199. The molecular formula is C18H28O2. The topological polar surface area (TPSA) is 26.3 Å². The van der Waals surface area contributed by atoms with E-state index < -0.39 is 0 Å². The highest BCUT2D eigenvalue weighted by molar-refractivity contribution is 5.89. The molecule has 2 nitrogen and oxygen atoms in total. The molecule has 0 N–H and O–H groups in total. The highest BCUT2D eigenvalue weighted by Gasteiger charge is 2.12. The third-order valence-electron chi connectivity index (χ3n) is 3.81. The Kier molecular flexibility index (Phi) is 7.35. The number of hydrogen-bond acceptors (Lipinski definition) is 2. The first-order chi connectivity index (χ1) is 9.58. The summed E-state index contributed by atoms with van der Waals surface area (Å²) in [5, 5.41) is 0.